The van der Waals surface area contributed by atoms with Gasteiger partial charge in [-0.15, -0.1) is 0 Å². The standard InChI is InChI=1S/C13H11ClFN5O2S/c1-21-10-4-7(5-18-20-13(16)23)2-3-9(10)22-11-8(15)6-17-12(14)19-11/h2-6H,1H3,(H3,16,20,23). The monoisotopic (exact) mass is 355 g/mol. The first-order valence-corrected chi connectivity index (χ1v) is 6.90. The van der Waals surface area contributed by atoms with Gasteiger partial charge in [-0.25, -0.2) is 4.98 Å². The van der Waals surface area contributed by atoms with Crippen LogP contribution < -0.4 is 20.6 Å². The molecule has 7 nitrogen and oxygen atoms in total. The van der Waals surface area contributed by atoms with Crippen molar-refractivity contribution in [2.75, 3.05) is 7.11 Å². The molecule has 0 amide bonds. The molecule has 0 unspecified atom stereocenters. The molecule has 0 saturated heterocycles. The van der Waals surface area contributed by atoms with Crippen LogP contribution in [0.25, 0.3) is 0 Å². The summed E-state index contributed by atoms with van der Waals surface area (Å²) in [6.45, 7) is 0. The Morgan fingerprint density at radius 2 is 2.26 bits per heavy atom. The van der Waals surface area contributed by atoms with Gasteiger partial charge in [-0.2, -0.15) is 14.5 Å². The fraction of sp³-hybridized carbons (Fsp3) is 0.0769. The molecule has 0 spiro atoms. The van der Waals surface area contributed by atoms with Gasteiger partial charge in [0, 0.05) is 0 Å². The molecule has 1 aromatic heterocycles. The van der Waals surface area contributed by atoms with E-state index in [2.05, 4.69) is 32.7 Å². The van der Waals surface area contributed by atoms with Crippen LogP contribution in [0.4, 0.5) is 4.39 Å². The van der Waals surface area contributed by atoms with E-state index in [0.717, 1.165) is 6.20 Å². The first-order chi connectivity index (χ1) is 11.0. The van der Waals surface area contributed by atoms with Crippen LogP contribution in [0.3, 0.4) is 0 Å². The van der Waals surface area contributed by atoms with Crippen molar-refractivity contribution in [3.63, 3.8) is 0 Å². The maximum absolute atomic E-state index is 13.6. The highest BCUT2D eigenvalue weighted by molar-refractivity contribution is 7.80. The Hall–Kier alpha value is -2.52. The molecular weight excluding hydrogens is 345 g/mol. The molecule has 0 aliphatic carbocycles. The van der Waals surface area contributed by atoms with Gasteiger partial charge in [0.25, 0.3) is 5.88 Å². The van der Waals surface area contributed by atoms with Crippen molar-refractivity contribution in [1.29, 1.82) is 0 Å². The van der Waals surface area contributed by atoms with Gasteiger partial charge in [0.05, 0.1) is 19.5 Å². The second kappa shape index (κ2) is 7.65. The molecule has 0 bridgehead atoms. The van der Waals surface area contributed by atoms with Crippen molar-refractivity contribution < 1.29 is 13.9 Å². The van der Waals surface area contributed by atoms with Crippen molar-refractivity contribution >= 4 is 35.1 Å². The molecule has 0 aliphatic heterocycles. The van der Waals surface area contributed by atoms with E-state index < -0.39 is 5.82 Å². The van der Waals surface area contributed by atoms with Crippen molar-refractivity contribution in [3.05, 3.63) is 41.1 Å². The fourth-order valence-electron chi connectivity index (χ4n) is 1.53. The molecule has 0 saturated carbocycles. The zero-order valence-corrected chi connectivity index (χ0v) is 13.4. The molecule has 23 heavy (non-hydrogen) atoms. The van der Waals surface area contributed by atoms with E-state index in [0.29, 0.717) is 11.3 Å². The van der Waals surface area contributed by atoms with Crippen LogP contribution in [0.5, 0.6) is 17.4 Å². The second-order valence-corrected chi connectivity index (χ2v) is 4.82. The molecule has 0 atom stereocenters. The number of hydrazone groups is 1. The number of hydrogen-bond donors (Lipinski definition) is 2. The normalized spacial score (nSPS) is 10.6. The largest absolute Gasteiger partial charge is 0.493 e. The van der Waals surface area contributed by atoms with Gasteiger partial charge in [-0.05, 0) is 47.6 Å². The molecule has 0 fully saturated rings. The number of aromatic nitrogens is 2. The number of nitrogens with one attached hydrogen (secondary N) is 1. The summed E-state index contributed by atoms with van der Waals surface area (Å²) in [5, 5.41) is 3.73. The second-order valence-electron chi connectivity index (χ2n) is 4.04. The van der Waals surface area contributed by atoms with E-state index in [9.17, 15) is 4.39 Å². The summed E-state index contributed by atoms with van der Waals surface area (Å²) in [4.78, 5) is 7.18. The zero-order valence-electron chi connectivity index (χ0n) is 11.8. The highest BCUT2D eigenvalue weighted by Crippen LogP contribution is 2.32. The molecule has 3 N–H and O–H groups in total. The lowest BCUT2D eigenvalue weighted by Crippen LogP contribution is -2.23. The summed E-state index contributed by atoms with van der Waals surface area (Å²) >= 11 is 10.2. The van der Waals surface area contributed by atoms with Crippen LogP contribution in [-0.2, 0) is 0 Å². The first-order valence-electron chi connectivity index (χ1n) is 6.12. The Labute approximate surface area is 141 Å². The van der Waals surface area contributed by atoms with Crippen molar-refractivity contribution in [2.24, 2.45) is 10.8 Å². The summed E-state index contributed by atoms with van der Waals surface area (Å²) < 4.78 is 24.2. The molecular formula is C13H11ClFN5O2S. The Morgan fingerprint density at radius 1 is 1.48 bits per heavy atom. The number of benzene rings is 1. The Bertz CT molecular complexity index is 759. The van der Waals surface area contributed by atoms with E-state index in [1.807, 2.05) is 0 Å². The molecule has 0 aliphatic rings. The number of ether oxygens (including phenoxy) is 2. The van der Waals surface area contributed by atoms with E-state index in [-0.39, 0.29) is 22.0 Å². The predicted molar refractivity (Wildman–Crippen MR) is 87.6 cm³/mol. The van der Waals surface area contributed by atoms with Gasteiger partial charge in [0.1, 0.15) is 0 Å². The molecule has 120 valence electrons. The minimum Gasteiger partial charge on any atom is -0.493 e. The molecule has 2 rings (SSSR count). The lowest BCUT2D eigenvalue weighted by molar-refractivity contribution is 0.363. The Morgan fingerprint density at radius 3 is 2.96 bits per heavy atom. The van der Waals surface area contributed by atoms with Crippen LogP contribution in [0.15, 0.2) is 29.5 Å². The first kappa shape index (κ1) is 16.8. The SMILES string of the molecule is COc1cc(C=NNC(N)=S)ccc1Oc1nc(Cl)ncc1F. The summed E-state index contributed by atoms with van der Waals surface area (Å²) in [5.74, 6) is -0.457. The van der Waals surface area contributed by atoms with Crippen LogP contribution >= 0.6 is 23.8 Å². The van der Waals surface area contributed by atoms with E-state index >= 15 is 0 Å². The van der Waals surface area contributed by atoms with Crippen molar-refractivity contribution in [2.45, 2.75) is 0 Å². The fourth-order valence-corrected chi connectivity index (χ4v) is 1.70. The highest BCUT2D eigenvalue weighted by atomic mass is 35.5. The average Bonchev–Trinajstić information content (AvgIpc) is 2.51. The van der Waals surface area contributed by atoms with Gasteiger partial charge in [0.2, 0.25) is 11.1 Å². The van der Waals surface area contributed by atoms with Gasteiger partial charge in [-0.1, -0.05) is 0 Å². The molecule has 10 heteroatoms. The smallest absolute Gasteiger partial charge is 0.260 e. The number of hydrogen-bond acceptors (Lipinski definition) is 6. The average molecular weight is 356 g/mol. The summed E-state index contributed by atoms with van der Waals surface area (Å²) in [6, 6.07) is 4.86. The van der Waals surface area contributed by atoms with Crippen LogP contribution in [0, 0.1) is 5.82 Å². The van der Waals surface area contributed by atoms with Crippen LogP contribution in [-0.4, -0.2) is 28.4 Å². The maximum atomic E-state index is 13.6. The number of nitrogens with zero attached hydrogens (tertiary/aromatic N) is 3. The topological polar surface area (TPSA) is 94.7 Å². The lowest BCUT2D eigenvalue weighted by Gasteiger charge is -2.10. The molecule has 0 radical (unpaired) electrons. The number of halogens is 2. The molecule has 1 aromatic carbocycles. The number of methoxy groups -OCH3 is 1. The predicted octanol–water partition coefficient (Wildman–Crippen LogP) is 2.24. The van der Waals surface area contributed by atoms with Gasteiger partial charge in [0.15, 0.2) is 16.6 Å². The molecule has 1 heterocycles. The summed E-state index contributed by atoms with van der Waals surface area (Å²) in [6.07, 6.45) is 2.40. The third-order valence-corrected chi connectivity index (χ3v) is 2.74. The molecule has 2 aromatic rings. The minimum absolute atomic E-state index is 0.0456. The Kier molecular flexibility index (Phi) is 5.61. The third-order valence-electron chi connectivity index (χ3n) is 2.47. The summed E-state index contributed by atoms with van der Waals surface area (Å²) in [7, 11) is 1.44. The zero-order chi connectivity index (χ0) is 16.8. The van der Waals surface area contributed by atoms with Gasteiger partial charge >= 0.3 is 0 Å². The maximum Gasteiger partial charge on any atom is 0.260 e. The number of nitrogens with two attached hydrogens (primary N) is 1. The van der Waals surface area contributed by atoms with Crippen molar-refractivity contribution in [3.8, 4) is 17.4 Å². The van der Waals surface area contributed by atoms with Crippen molar-refractivity contribution in [1.82, 2.24) is 15.4 Å². The third kappa shape index (κ3) is 4.73. The number of thiocarbonyl (C=S) groups is 1. The van der Waals surface area contributed by atoms with E-state index in [1.165, 1.54) is 13.3 Å². The van der Waals surface area contributed by atoms with Gasteiger partial charge < -0.3 is 15.2 Å². The Balaban J connectivity index is 2.24. The van der Waals surface area contributed by atoms with Gasteiger partial charge in [-0.3, -0.25) is 5.43 Å². The number of rotatable bonds is 5. The lowest BCUT2D eigenvalue weighted by atomic mass is 10.2. The highest BCUT2D eigenvalue weighted by Gasteiger charge is 2.12. The van der Waals surface area contributed by atoms with Crippen LogP contribution in [0.2, 0.25) is 5.28 Å². The summed E-state index contributed by atoms with van der Waals surface area (Å²) in [5.41, 5.74) is 8.36. The quantitative estimate of drug-likeness (QED) is 0.367. The minimum atomic E-state index is -0.747. The van der Waals surface area contributed by atoms with E-state index in [4.69, 9.17) is 26.8 Å². The van der Waals surface area contributed by atoms with Crippen LogP contribution in [0.1, 0.15) is 5.56 Å². The van der Waals surface area contributed by atoms with E-state index in [1.54, 1.807) is 18.2 Å².